The number of aromatic nitrogens is 3. The minimum Gasteiger partial charge on any atom is -0.465 e. The Balaban J connectivity index is 1.43. The number of rotatable bonds is 11. The lowest BCUT2D eigenvalue weighted by atomic mass is 9.99. The molecule has 1 saturated heterocycles. The van der Waals surface area contributed by atoms with Gasteiger partial charge in [-0.3, -0.25) is 9.32 Å². The Hall–Kier alpha value is -3.84. The second-order valence-corrected chi connectivity index (χ2v) is 12.0. The standard InChI is InChI=1S/C29H34N5O8P/c1-4-39-28(37)18(2)33-43(38,42-20-13-9-6-10-14-20)40-16-29(3)24(36)23(35)27(41-29)34-15-21(19-11-7-5-8-12-19)22-25(30)31-17-32-26(22)34/h5-15,17-18,23-24,27,35-36H,4,16H2,1-3H3,(H,33,38)(H2,30,31,32)/t18-,23+,24-,27+,29+,43?/m0/s1. The van der Waals surface area contributed by atoms with Gasteiger partial charge in [0, 0.05) is 11.8 Å². The predicted molar refractivity (Wildman–Crippen MR) is 158 cm³/mol. The van der Waals surface area contributed by atoms with Crippen molar-refractivity contribution in [1.29, 1.82) is 0 Å². The van der Waals surface area contributed by atoms with E-state index in [1.807, 2.05) is 30.3 Å². The Morgan fingerprint density at radius 2 is 1.84 bits per heavy atom. The fourth-order valence-corrected chi connectivity index (χ4v) is 6.48. The molecular formula is C29H34N5O8P. The first-order chi connectivity index (χ1) is 20.5. The summed E-state index contributed by atoms with van der Waals surface area (Å²) in [4.78, 5) is 20.8. The van der Waals surface area contributed by atoms with Gasteiger partial charge in [0.1, 0.15) is 47.4 Å². The van der Waals surface area contributed by atoms with Gasteiger partial charge in [0.05, 0.1) is 18.6 Å². The summed E-state index contributed by atoms with van der Waals surface area (Å²) in [7, 11) is -4.26. The number of carbonyl (C=O) groups is 1. The van der Waals surface area contributed by atoms with E-state index in [1.165, 1.54) is 20.2 Å². The van der Waals surface area contributed by atoms with E-state index in [0.29, 0.717) is 16.6 Å². The molecule has 0 aliphatic carbocycles. The number of nitrogen functional groups attached to an aromatic ring is 1. The number of fused-ring (bicyclic) bond motifs is 1. The molecular weight excluding hydrogens is 577 g/mol. The van der Waals surface area contributed by atoms with E-state index in [2.05, 4.69) is 15.1 Å². The Kier molecular flexibility index (Phi) is 8.84. The fraction of sp³-hybridized carbons (Fsp3) is 0.345. The summed E-state index contributed by atoms with van der Waals surface area (Å²) in [6.07, 6.45) is -1.02. The summed E-state index contributed by atoms with van der Waals surface area (Å²) in [6, 6.07) is 16.7. The van der Waals surface area contributed by atoms with Crippen molar-refractivity contribution in [3.05, 3.63) is 73.2 Å². The van der Waals surface area contributed by atoms with Gasteiger partial charge in [-0.15, -0.1) is 0 Å². The maximum atomic E-state index is 13.9. The molecule has 0 bridgehead atoms. The molecule has 228 valence electrons. The van der Waals surface area contributed by atoms with Crippen LogP contribution in [0, 0.1) is 0 Å². The smallest absolute Gasteiger partial charge is 0.459 e. The van der Waals surface area contributed by atoms with Crippen LogP contribution in [0.25, 0.3) is 22.2 Å². The lowest BCUT2D eigenvalue weighted by Gasteiger charge is -2.30. The monoisotopic (exact) mass is 611 g/mol. The molecule has 0 radical (unpaired) electrons. The van der Waals surface area contributed by atoms with Crippen molar-refractivity contribution in [2.75, 3.05) is 18.9 Å². The van der Waals surface area contributed by atoms with E-state index in [0.717, 1.165) is 5.56 Å². The second-order valence-electron chi connectivity index (χ2n) is 10.3. The molecule has 6 atom stereocenters. The summed E-state index contributed by atoms with van der Waals surface area (Å²) >= 11 is 0. The van der Waals surface area contributed by atoms with Gasteiger partial charge < -0.3 is 34.5 Å². The predicted octanol–water partition coefficient (Wildman–Crippen LogP) is 3.43. The number of anilines is 1. The summed E-state index contributed by atoms with van der Waals surface area (Å²) in [5, 5.41) is 25.5. The van der Waals surface area contributed by atoms with Gasteiger partial charge in [0.15, 0.2) is 6.23 Å². The first kappa shape index (κ1) is 30.6. The Morgan fingerprint density at radius 1 is 1.16 bits per heavy atom. The van der Waals surface area contributed by atoms with E-state index < -0.39 is 50.4 Å². The third-order valence-corrected chi connectivity index (χ3v) is 8.73. The molecule has 2 aromatic carbocycles. The van der Waals surface area contributed by atoms with Crippen molar-refractivity contribution < 1.29 is 38.1 Å². The van der Waals surface area contributed by atoms with Crippen molar-refractivity contribution in [3.8, 4) is 16.9 Å². The zero-order valence-electron chi connectivity index (χ0n) is 23.9. The molecule has 13 nitrogen and oxygen atoms in total. The first-order valence-corrected chi connectivity index (χ1v) is 15.2. The number of carbonyl (C=O) groups excluding carboxylic acids is 1. The molecule has 2 aromatic heterocycles. The van der Waals surface area contributed by atoms with Crippen molar-refractivity contribution in [2.45, 2.75) is 50.8 Å². The largest absolute Gasteiger partial charge is 0.465 e. The van der Waals surface area contributed by atoms with Gasteiger partial charge in [0.2, 0.25) is 0 Å². The minimum atomic E-state index is -4.26. The topological polar surface area (TPSA) is 180 Å². The molecule has 1 unspecified atom stereocenters. The first-order valence-electron chi connectivity index (χ1n) is 13.7. The minimum absolute atomic E-state index is 0.129. The van der Waals surface area contributed by atoms with Crippen LogP contribution in [0.15, 0.2) is 73.2 Å². The van der Waals surface area contributed by atoms with E-state index in [-0.39, 0.29) is 18.2 Å². The molecule has 4 aromatic rings. The van der Waals surface area contributed by atoms with E-state index >= 15 is 0 Å². The number of ether oxygens (including phenoxy) is 2. The van der Waals surface area contributed by atoms with Crippen molar-refractivity contribution in [3.63, 3.8) is 0 Å². The molecule has 14 heteroatoms. The zero-order chi connectivity index (χ0) is 30.8. The van der Waals surface area contributed by atoms with E-state index in [4.69, 9.17) is 24.3 Å². The number of hydrogen-bond acceptors (Lipinski definition) is 11. The van der Waals surface area contributed by atoms with Crippen LogP contribution in [0.3, 0.4) is 0 Å². The number of benzene rings is 2. The number of nitrogens with zero attached hydrogens (tertiary/aromatic N) is 3. The van der Waals surface area contributed by atoms with Crippen molar-refractivity contribution >= 4 is 30.6 Å². The fourth-order valence-electron chi connectivity index (χ4n) is 4.89. The quantitative estimate of drug-likeness (QED) is 0.144. The third-order valence-electron chi connectivity index (χ3n) is 7.11. The molecule has 0 amide bonds. The number of nitrogens with two attached hydrogens (primary N) is 1. The molecule has 43 heavy (non-hydrogen) atoms. The molecule has 1 fully saturated rings. The molecule has 0 spiro atoms. The molecule has 5 rings (SSSR count). The molecule has 1 aliphatic heterocycles. The van der Waals surface area contributed by atoms with Gasteiger partial charge in [-0.1, -0.05) is 48.5 Å². The number of aliphatic hydroxyl groups is 2. The average Bonchev–Trinajstić information content (AvgIpc) is 3.49. The zero-order valence-corrected chi connectivity index (χ0v) is 24.8. The maximum Gasteiger partial charge on any atom is 0.459 e. The SMILES string of the molecule is CCOC(=O)[C@H](C)NP(=O)(OC[C@@]1(C)O[C@@H](n2cc(-c3ccccc3)c3c(N)ncnc32)[C@H](O)[C@@H]1O)Oc1ccccc1. The Bertz CT molecular complexity index is 1620. The van der Waals surface area contributed by atoms with E-state index in [9.17, 15) is 19.6 Å². The van der Waals surface area contributed by atoms with E-state index in [1.54, 1.807) is 48.0 Å². The van der Waals surface area contributed by atoms with Crippen molar-refractivity contribution in [1.82, 2.24) is 19.6 Å². The highest BCUT2D eigenvalue weighted by atomic mass is 31.2. The molecule has 0 saturated carbocycles. The summed E-state index contributed by atoms with van der Waals surface area (Å²) < 4.78 is 38.2. The third kappa shape index (κ3) is 6.28. The highest BCUT2D eigenvalue weighted by molar-refractivity contribution is 7.52. The number of esters is 1. The molecule has 1 aliphatic rings. The van der Waals surface area contributed by atoms with Crippen molar-refractivity contribution in [2.24, 2.45) is 0 Å². The van der Waals surface area contributed by atoms with Crippen LogP contribution < -0.4 is 15.3 Å². The van der Waals surface area contributed by atoms with Crippen LogP contribution in [0.5, 0.6) is 5.75 Å². The second kappa shape index (κ2) is 12.4. The van der Waals surface area contributed by atoms with Crippen LogP contribution in [0.2, 0.25) is 0 Å². The lowest BCUT2D eigenvalue weighted by molar-refractivity contribution is -0.144. The van der Waals surface area contributed by atoms with Gasteiger partial charge in [-0.2, -0.15) is 5.09 Å². The van der Waals surface area contributed by atoms with Gasteiger partial charge >= 0.3 is 13.7 Å². The summed E-state index contributed by atoms with van der Waals surface area (Å²) in [5.41, 5.74) is 6.60. The number of nitrogens with one attached hydrogen (secondary N) is 1. The van der Waals surface area contributed by atoms with Gasteiger partial charge in [-0.05, 0) is 38.5 Å². The number of para-hydroxylation sites is 1. The highest BCUT2D eigenvalue weighted by Crippen LogP contribution is 2.48. The van der Waals surface area contributed by atoms with Gasteiger partial charge in [-0.25, -0.2) is 14.5 Å². The molecule has 5 N–H and O–H groups in total. The normalized spacial score (nSPS) is 24.0. The molecule has 3 heterocycles. The Labute approximate surface area is 248 Å². The van der Waals surface area contributed by atoms with Crippen LogP contribution in [-0.2, 0) is 23.4 Å². The van der Waals surface area contributed by atoms with Crippen LogP contribution in [0.4, 0.5) is 5.82 Å². The maximum absolute atomic E-state index is 13.9. The highest BCUT2D eigenvalue weighted by Gasteiger charge is 2.53. The summed E-state index contributed by atoms with van der Waals surface area (Å²) in [6.45, 7) is 4.26. The van der Waals surface area contributed by atoms with Crippen LogP contribution in [0.1, 0.15) is 27.0 Å². The average molecular weight is 612 g/mol. The number of aliphatic hydroxyl groups excluding tert-OH is 2. The lowest BCUT2D eigenvalue weighted by Crippen LogP contribution is -2.45. The Morgan fingerprint density at radius 3 is 2.51 bits per heavy atom. The van der Waals surface area contributed by atoms with Crippen LogP contribution >= 0.6 is 7.75 Å². The number of hydrogen-bond donors (Lipinski definition) is 4. The van der Waals surface area contributed by atoms with Crippen LogP contribution in [-0.4, -0.2) is 67.8 Å². The summed E-state index contributed by atoms with van der Waals surface area (Å²) in [5.74, 6) is -0.200. The van der Waals surface area contributed by atoms with Gasteiger partial charge in [0.25, 0.3) is 0 Å².